The van der Waals surface area contributed by atoms with Crippen LogP contribution in [0.1, 0.15) is 6.92 Å². The molecule has 2 aromatic rings. The van der Waals surface area contributed by atoms with E-state index in [0.29, 0.717) is 18.9 Å². The zero-order valence-corrected chi connectivity index (χ0v) is 15.5. The number of guanidine groups is 1. The minimum Gasteiger partial charge on any atom is -0.492 e. The van der Waals surface area contributed by atoms with Gasteiger partial charge in [-0.25, -0.2) is 19.4 Å². The first-order valence-corrected chi connectivity index (χ1v) is 9.20. The van der Waals surface area contributed by atoms with Crippen LogP contribution in [-0.4, -0.2) is 66.7 Å². The van der Waals surface area contributed by atoms with Gasteiger partial charge in [-0.15, -0.1) is 0 Å². The topological polar surface area (TPSA) is 65.9 Å². The fourth-order valence-electron chi connectivity index (χ4n) is 2.87. The van der Waals surface area contributed by atoms with E-state index in [1.165, 1.54) is 12.1 Å². The molecule has 0 unspecified atom stereocenters. The number of benzene rings is 1. The molecule has 1 saturated heterocycles. The van der Waals surface area contributed by atoms with Gasteiger partial charge < -0.3 is 19.9 Å². The zero-order valence-electron chi connectivity index (χ0n) is 15.5. The van der Waals surface area contributed by atoms with Gasteiger partial charge in [-0.1, -0.05) is 6.07 Å². The Bertz CT molecular complexity index is 734. The molecule has 0 saturated carbocycles. The van der Waals surface area contributed by atoms with Crippen molar-refractivity contribution in [2.75, 3.05) is 50.8 Å². The molecule has 0 amide bonds. The average molecular weight is 372 g/mol. The van der Waals surface area contributed by atoms with E-state index in [1.54, 1.807) is 24.5 Å². The van der Waals surface area contributed by atoms with Crippen LogP contribution in [-0.2, 0) is 0 Å². The number of aromatic nitrogens is 2. The highest BCUT2D eigenvalue weighted by Gasteiger charge is 2.20. The molecule has 144 valence electrons. The van der Waals surface area contributed by atoms with Crippen LogP contribution in [0.15, 0.2) is 47.7 Å². The lowest BCUT2D eigenvalue weighted by atomic mass is 10.3. The number of halogens is 1. The summed E-state index contributed by atoms with van der Waals surface area (Å²) in [6.45, 7) is 7.11. The second kappa shape index (κ2) is 9.70. The van der Waals surface area contributed by atoms with Crippen LogP contribution in [0.3, 0.4) is 0 Å². The Hall–Kier alpha value is -2.90. The van der Waals surface area contributed by atoms with Gasteiger partial charge in [0, 0.05) is 51.2 Å². The summed E-state index contributed by atoms with van der Waals surface area (Å²) in [6, 6.07) is 7.96. The first-order chi connectivity index (χ1) is 13.3. The summed E-state index contributed by atoms with van der Waals surface area (Å²) in [4.78, 5) is 17.7. The van der Waals surface area contributed by atoms with E-state index in [4.69, 9.17) is 4.74 Å². The number of hydrogen-bond donors (Lipinski definition) is 1. The number of hydrogen-bond acceptors (Lipinski definition) is 5. The maximum atomic E-state index is 13.2. The van der Waals surface area contributed by atoms with E-state index in [2.05, 4.69) is 30.1 Å². The molecule has 1 aliphatic heterocycles. The molecule has 0 radical (unpaired) electrons. The summed E-state index contributed by atoms with van der Waals surface area (Å²) in [5.41, 5.74) is 0. The Morgan fingerprint density at radius 3 is 2.67 bits per heavy atom. The number of anilines is 1. The van der Waals surface area contributed by atoms with Crippen molar-refractivity contribution in [3.8, 4) is 5.75 Å². The standard InChI is InChI=1S/C19H25FN6O/c1-2-21-18(24-9-14-27-17-6-3-5-16(20)15-17)25-10-12-26(13-11-25)19-22-7-4-8-23-19/h3-8,15H,2,9-14H2,1H3,(H,21,24). The average Bonchev–Trinajstić information content (AvgIpc) is 2.71. The molecular formula is C19H25FN6O. The maximum Gasteiger partial charge on any atom is 0.225 e. The van der Waals surface area contributed by atoms with Crippen LogP contribution in [0.2, 0.25) is 0 Å². The predicted molar refractivity (Wildman–Crippen MR) is 104 cm³/mol. The van der Waals surface area contributed by atoms with Crippen LogP contribution in [0, 0.1) is 5.82 Å². The Morgan fingerprint density at radius 1 is 1.19 bits per heavy atom. The summed E-state index contributed by atoms with van der Waals surface area (Å²) < 4.78 is 18.7. The molecule has 3 rings (SSSR count). The van der Waals surface area contributed by atoms with E-state index in [9.17, 15) is 4.39 Å². The highest BCUT2D eigenvalue weighted by molar-refractivity contribution is 5.80. The van der Waals surface area contributed by atoms with Crippen molar-refractivity contribution >= 4 is 11.9 Å². The summed E-state index contributed by atoms with van der Waals surface area (Å²) in [6.07, 6.45) is 3.53. The zero-order chi connectivity index (χ0) is 18.9. The van der Waals surface area contributed by atoms with Gasteiger partial charge in [0.15, 0.2) is 5.96 Å². The summed E-state index contributed by atoms with van der Waals surface area (Å²) in [5.74, 6) is 1.85. The lowest BCUT2D eigenvalue weighted by Gasteiger charge is -2.36. The van der Waals surface area contributed by atoms with Gasteiger partial charge in [0.25, 0.3) is 0 Å². The fraction of sp³-hybridized carbons (Fsp3) is 0.421. The smallest absolute Gasteiger partial charge is 0.225 e. The van der Waals surface area contributed by atoms with Gasteiger partial charge in [-0.3, -0.25) is 0 Å². The number of nitrogens with one attached hydrogen (secondary N) is 1. The van der Waals surface area contributed by atoms with E-state index in [0.717, 1.165) is 44.6 Å². The van der Waals surface area contributed by atoms with Gasteiger partial charge in [-0.05, 0) is 25.1 Å². The third-order valence-corrected chi connectivity index (χ3v) is 4.17. The quantitative estimate of drug-likeness (QED) is 0.474. The van der Waals surface area contributed by atoms with E-state index < -0.39 is 0 Å². The maximum absolute atomic E-state index is 13.2. The second-order valence-corrected chi connectivity index (χ2v) is 6.06. The molecule has 0 spiro atoms. The number of aliphatic imine (C=N–C) groups is 1. The molecule has 0 bridgehead atoms. The van der Waals surface area contributed by atoms with E-state index in [-0.39, 0.29) is 5.82 Å². The molecule has 2 heterocycles. The Kier molecular flexibility index (Phi) is 6.78. The minimum atomic E-state index is -0.301. The van der Waals surface area contributed by atoms with Gasteiger partial charge in [0.1, 0.15) is 18.2 Å². The molecule has 1 fully saturated rings. The van der Waals surface area contributed by atoms with Gasteiger partial charge in [0.2, 0.25) is 5.95 Å². The normalized spacial score (nSPS) is 15.0. The third kappa shape index (κ3) is 5.54. The number of nitrogens with zero attached hydrogens (tertiary/aromatic N) is 5. The van der Waals surface area contributed by atoms with Crippen molar-refractivity contribution in [3.63, 3.8) is 0 Å². The van der Waals surface area contributed by atoms with Gasteiger partial charge in [-0.2, -0.15) is 0 Å². The number of rotatable bonds is 6. The number of ether oxygens (including phenoxy) is 1. The summed E-state index contributed by atoms with van der Waals surface area (Å²) in [7, 11) is 0. The fourth-order valence-corrected chi connectivity index (χ4v) is 2.87. The first kappa shape index (κ1) is 18.9. The monoisotopic (exact) mass is 372 g/mol. The lowest BCUT2D eigenvalue weighted by Crippen LogP contribution is -2.53. The molecule has 8 heteroatoms. The molecule has 1 N–H and O–H groups in total. The largest absolute Gasteiger partial charge is 0.492 e. The molecule has 0 aliphatic carbocycles. The Labute approximate surface area is 158 Å². The Morgan fingerprint density at radius 2 is 1.96 bits per heavy atom. The van der Waals surface area contributed by atoms with Crippen molar-refractivity contribution in [3.05, 3.63) is 48.5 Å². The first-order valence-electron chi connectivity index (χ1n) is 9.20. The van der Waals surface area contributed by atoms with Crippen molar-refractivity contribution < 1.29 is 9.13 Å². The van der Waals surface area contributed by atoms with Gasteiger partial charge >= 0.3 is 0 Å². The third-order valence-electron chi connectivity index (χ3n) is 4.17. The molecule has 7 nitrogen and oxygen atoms in total. The SMILES string of the molecule is CCNC(=NCCOc1cccc(F)c1)N1CCN(c2ncccn2)CC1. The lowest BCUT2D eigenvalue weighted by molar-refractivity contribution is 0.323. The Balaban J connectivity index is 1.50. The molecule has 27 heavy (non-hydrogen) atoms. The summed E-state index contributed by atoms with van der Waals surface area (Å²) in [5, 5.41) is 3.33. The van der Waals surface area contributed by atoms with Crippen LogP contribution >= 0.6 is 0 Å². The van der Waals surface area contributed by atoms with E-state index >= 15 is 0 Å². The van der Waals surface area contributed by atoms with Crippen LogP contribution in [0.25, 0.3) is 0 Å². The van der Waals surface area contributed by atoms with Crippen LogP contribution in [0.4, 0.5) is 10.3 Å². The minimum absolute atomic E-state index is 0.301. The highest BCUT2D eigenvalue weighted by atomic mass is 19.1. The summed E-state index contributed by atoms with van der Waals surface area (Å²) >= 11 is 0. The van der Waals surface area contributed by atoms with Crippen molar-refractivity contribution in [2.45, 2.75) is 6.92 Å². The van der Waals surface area contributed by atoms with Crippen LogP contribution in [0.5, 0.6) is 5.75 Å². The van der Waals surface area contributed by atoms with E-state index in [1.807, 2.05) is 13.0 Å². The molecule has 1 aromatic heterocycles. The van der Waals surface area contributed by atoms with Gasteiger partial charge in [0.05, 0.1) is 6.54 Å². The van der Waals surface area contributed by atoms with Crippen molar-refractivity contribution in [1.29, 1.82) is 0 Å². The molecule has 1 aromatic carbocycles. The van der Waals surface area contributed by atoms with Crippen molar-refractivity contribution in [1.82, 2.24) is 20.2 Å². The number of piperazine rings is 1. The molecule has 0 atom stereocenters. The second-order valence-electron chi connectivity index (χ2n) is 6.06. The highest BCUT2D eigenvalue weighted by Crippen LogP contribution is 2.12. The predicted octanol–water partition coefficient (Wildman–Crippen LogP) is 1.78. The van der Waals surface area contributed by atoms with Crippen molar-refractivity contribution in [2.24, 2.45) is 4.99 Å². The molecule has 1 aliphatic rings. The van der Waals surface area contributed by atoms with Crippen LogP contribution < -0.4 is 15.0 Å². The molecular weight excluding hydrogens is 347 g/mol.